The number of rotatable bonds is 7. The lowest BCUT2D eigenvalue weighted by molar-refractivity contribution is -0.139. The van der Waals surface area contributed by atoms with Crippen LogP contribution in [0.1, 0.15) is 55.2 Å². The van der Waals surface area contributed by atoms with Crippen LogP contribution in [0.4, 0.5) is 28.0 Å². The van der Waals surface area contributed by atoms with Gasteiger partial charge in [0.25, 0.3) is 0 Å². The van der Waals surface area contributed by atoms with E-state index >= 15 is 0 Å². The molecule has 2 N–H and O–H groups in total. The lowest BCUT2D eigenvalue weighted by atomic mass is 9.80. The molecule has 1 aliphatic heterocycles. The largest absolute Gasteiger partial charge is 0.419 e. The first-order chi connectivity index (χ1) is 19.1. The molecular formula is C30H34F4N4O2. The fourth-order valence-electron chi connectivity index (χ4n) is 6.76. The lowest BCUT2D eigenvalue weighted by Gasteiger charge is -2.39. The second-order valence-electron chi connectivity index (χ2n) is 11.5. The zero-order valence-electron chi connectivity index (χ0n) is 22.3. The summed E-state index contributed by atoms with van der Waals surface area (Å²) in [5.41, 5.74) is 0.263. The van der Waals surface area contributed by atoms with Gasteiger partial charge in [0, 0.05) is 38.0 Å². The van der Waals surface area contributed by atoms with Gasteiger partial charge in [0.1, 0.15) is 5.82 Å². The maximum absolute atomic E-state index is 13.8. The summed E-state index contributed by atoms with van der Waals surface area (Å²) < 4.78 is 53.6. The molecule has 10 heteroatoms. The number of carbonyl (C=O) groups is 1. The van der Waals surface area contributed by atoms with Gasteiger partial charge >= 0.3 is 12.2 Å². The van der Waals surface area contributed by atoms with Crippen LogP contribution in [0.5, 0.6) is 0 Å². The Kier molecular flexibility index (Phi) is 8.07. The summed E-state index contributed by atoms with van der Waals surface area (Å²) in [6, 6.07) is 11.8. The van der Waals surface area contributed by atoms with E-state index in [1.807, 2.05) is 12.1 Å². The highest BCUT2D eigenvalue weighted by molar-refractivity contribution is 5.89. The van der Waals surface area contributed by atoms with Gasteiger partial charge in [0.05, 0.1) is 17.2 Å². The number of carbonyl (C=O) groups excluding carboxylic acids is 1. The Labute approximate surface area is 231 Å². The molecular weight excluding hydrogens is 524 g/mol. The van der Waals surface area contributed by atoms with Crippen molar-refractivity contribution in [3.8, 4) is 6.07 Å². The summed E-state index contributed by atoms with van der Waals surface area (Å²) in [5, 5.41) is 21.5. The Morgan fingerprint density at radius 2 is 2.05 bits per heavy atom. The van der Waals surface area contributed by atoms with E-state index in [9.17, 15) is 32.7 Å². The second-order valence-corrected chi connectivity index (χ2v) is 11.5. The van der Waals surface area contributed by atoms with E-state index in [0.717, 1.165) is 69.3 Å². The quantitative estimate of drug-likeness (QED) is 0.424. The van der Waals surface area contributed by atoms with Crippen molar-refractivity contribution in [1.82, 2.24) is 9.80 Å². The third kappa shape index (κ3) is 5.96. The Morgan fingerprint density at radius 3 is 2.77 bits per heavy atom. The molecule has 2 saturated carbocycles. The van der Waals surface area contributed by atoms with Gasteiger partial charge in [-0.25, -0.2) is 9.18 Å². The van der Waals surface area contributed by atoms with E-state index in [2.05, 4.69) is 22.4 Å². The molecule has 4 atom stereocenters. The molecule has 0 aromatic heterocycles. The number of piperidine rings is 1. The zero-order valence-corrected chi connectivity index (χ0v) is 22.3. The molecule has 2 aliphatic carbocycles. The number of nitrogens with zero attached hydrogens (tertiary/aromatic N) is 3. The first-order valence-corrected chi connectivity index (χ1v) is 13.9. The Bertz CT molecular complexity index is 1280. The molecule has 1 heterocycles. The highest BCUT2D eigenvalue weighted by Gasteiger charge is 2.58. The topological polar surface area (TPSA) is 79.6 Å². The number of aliphatic hydroxyl groups is 1. The second kappa shape index (κ2) is 11.4. The third-order valence-corrected chi connectivity index (χ3v) is 9.02. The van der Waals surface area contributed by atoms with Crippen LogP contribution < -0.4 is 5.32 Å². The van der Waals surface area contributed by atoms with Crippen molar-refractivity contribution in [1.29, 1.82) is 5.26 Å². The number of nitrogens with one attached hydrogen (secondary N) is 1. The summed E-state index contributed by atoms with van der Waals surface area (Å²) in [4.78, 5) is 17.5. The standard InChI is InChI=1S/C30H34F4N4O2/c31-27-7-6-24(15-26(27)30(32,33)34)36-28(40)38(12-11-37-10-2-4-21(18-37)19-39)25-8-9-29(16-23(29)14-25)22-5-1-3-20(13-22)17-35/h1,3,5-7,13,15,21,23,25,39H,2,4,8-12,14,16,18-19H2,(H,36,40)/t21?,23?,25-,29-/m1/s1. The Morgan fingerprint density at radius 1 is 1.23 bits per heavy atom. The van der Waals surface area contributed by atoms with Crippen LogP contribution in [-0.2, 0) is 11.6 Å². The van der Waals surface area contributed by atoms with Crippen LogP contribution in [0.2, 0.25) is 0 Å². The number of amides is 2. The highest BCUT2D eigenvalue weighted by Crippen LogP contribution is 2.62. The molecule has 2 aromatic rings. The maximum atomic E-state index is 13.8. The number of fused-ring (bicyclic) bond motifs is 1. The van der Waals surface area contributed by atoms with E-state index in [-0.39, 0.29) is 29.7 Å². The summed E-state index contributed by atoms with van der Waals surface area (Å²) in [6.45, 7) is 2.71. The van der Waals surface area contributed by atoms with Crippen LogP contribution in [0.3, 0.4) is 0 Å². The van der Waals surface area contributed by atoms with Crippen molar-refractivity contribution in [3.05, 3.63) is 65.0 Å². The molecule has 2 unspecified atom stereocenters. The predicted molar refractivity (Wildman–Crippen MR) is 142 cm³/mol. The van der Waals surface area contributed by atoms with E-state index in [1.165, 1.54) is 0 Å². The number of alkyl halides is 3. The fraction of sp³-hybridized carbons (Fsp3) is 0.533. The van der Waals surface area contributed by atoms with Gasteiger partial charge in [-0.3, -0.25) is 0 Å². The van der Waals surface area contributed by atoms with Gasteiger partial charge in [-0.05, 0) is 98.2 Å². The molecule has 0 bridgehead atoms. The van der Waals surface area contributed by atoms with Crippen molar-refractivity contribution < 1.29 is 27.5 Å². The predicted octanol–water partition coefficient (Wildman–Crippen LogP) is 5.76. The van der Waals surface area contributed by atoms with Crippen LogP contribution in [-0.4, -0.2) is 59.8 Å². The minimum absolute atomic E-state index is 0.00525. The molecule has 0 spiro atoms. The Balaban J connectivity index is 1.32. The van der Waals surface area contributed by atoms with Gasteiger partial charge < -0.3 is 20.2 Å². The van der Waals surface area contributed by atoms with Gasteiger partial charge in [-0.15, -0.1) is 0 Å². The van der Waals surface area contributed by atoms with Gasteiger partial charge in [-0.2, -0.15) is 18.4 Å². The summed E-state index contributed by atoms with van der Waals surface area (Å²) in [6.07, 6.45) is 0.379. The molecule has 2 amide bonds. The van der Waals surface area contributed by atoms with E-state index < -0.39 is 23.6 Å². The number of benzene rings is 2. The number of likely N-dealkylation sites (tertiary alicyclic amines) is 1. The average Bonchev–Trinajstić information content (AvgIpc) is 3.69. The van der Waals surface area contributed by atoms with Crippen LogP contribution in [0, 0.1) is 29.0 Å². The lowest BCUT2D eigenvalue weighted by Crippen LogP contribution is -2.49. The minimum atomic E-state index is -4.87. The number of hydrogen-bond donors (Lipinski definition) is 2. The number of aliphatic hydroxyl groups excluding tert-OH is 1. The van der Waals surface area contributed by atoms with E-state index in [4.69, 9.17) is 0 Å². The van der Waals surface area contributed by atoms with Crippen molar-refractivity contribution in [2.24, 2.45) is 11.8 Å². The van der Waals surface area contributed by atoms with Crippen molar-refractivity contribution in [2.45, 2.75) is 56.2 Å². The molecule has 6 nitrogen and oxygen atoms in total. The smallest absolute Gasteiger partial charge is 0.396 e. The number of halogens is 4. The van der Waals surface area contributed by atoms with Crippen molar-refractivity contribution in [3.63, 3.8) is 0 Å². The normalized spacial score (nSPS) is 26.4. The number of urea groups is 1. The molecule has 214 valence electrons. The molecule has 40 heavy (non-hydrogen) atoms. The van der Waals surface area contributed by atoms with Crippen molar-refractivity contribution in [2.75, 3.05) is 38.1 Å². The monoisotopic (exact) mass is 558 g/mol. The summed E-state index contributed by atoms with van der Waals surface area (Å²) >= 11 is 0. The molecule has 1 saturated heterocycles. The molecule has 3 fully saturated rings. The number of nitriles is 1. The molecule has 2 aromatic carbocycles. The SMILES string of the molecule is N#Cc1cccc([C@]23CC[C@@H](N(CCN4CCCC(CO)C4)C(=O)Nc4ccc(F)c(C(F)(F)F)c4)CC2C3)c1. The molecule has 3 aliphatic rings. The van der Waals surface area contributed by atoms with Gasteiger partial charge in [-0.1, -0.05) is 12.1 Å². The van der Waals surface area contributed by atoms with Crippen LogP contribution >= 0.6 is 0 Å². The van der Waals surface area contributed by atoms with Gasteiger partial charge in [0.15, 0.2) is 0 Å². The zero-order chi connectivity index (χ0) is 28.5. The maximum Gasteiger partial charge on any atom is 0.419 e. The fourth-order valence-corrected chi connectivity index (χ4v) is 6.76. The Hall–Kier alpha value is -3.16. The minimum Gasteiger partial charge on any atom is -0.396 e. The van der Waals surface area contributed by atoms with E-state index in [0.29, 0.717) is 30.6 Å². The van der Waals surface area contributed by atoms with Crippen LogP contribution in [0.15, 0.2) is 42.5 Å². The number of anilines is 1. The van der Waals surface area contributed by atoms with Gasteiger partial charge in [0.2, 0.25) is 0 Å². The highest BCUT2D eigenvalue weighted by atomic mass is 19.4. The van der Waals surface area contributed by atoms with Crippen molar-refractivity contribution >= 4 is 11.7 Å². The first-order valence-electron chi connectivity index (χ1n) is 13.9. The molecule has 5 rings (SSSR count). The average molecular weight is 559 g/mol. The molecule has 0 radical (unpaired) electrons. The third-order valence-electron chi connectivity index (χ3n) is 9.02. The number of hydrogen-bond acceptors (Lipinski definition) is 4. The van der Waals surface area contributed by atoms with E-state index in [1.54, 1.807) is 11.0 Å². The summed E-state index contributed by atoms with van der Waals surface area (Å²) in [7, 11) is 0. The van der Waals surface area contributed by atoms with Crippen LogP contribution in [0.25, 0.3) is 0 Å². The first kappa shape index (κ1) is 28.4. The summed E-state index contributed by atoms with van der Waals surface area (Å²) in [5.74, 6) is -0.836.